The van der Waals surface area contributed by atoms with Gasteiger partial charge in [0, 0.05) is 10.4 Å². The molecule has 0 saturated carbocycles. The highest BCUT2D eigenvalue weighted by Gasteiger charge is 2.29. The van der Waals surface area contributed by atoms with Crippen LogP contribution in [0.3, 0.4) is 0 Å². The van der Waals surface area contributed by atoms with Crippen molar-refractivity contribution >= 4 is 22.9 Å². The number of aryl methyl sites for hydroxylation is 1. The standard InChI is InChI=1S/C16H10N2O2S/c1-10-5-6-14(21-10)16(20)13(9-18)15(19)12-4-2-3-11(7-12)8-17/h2-7,13H,1H3. The molecule has 0 spiro atoms. The summed E-state index contributed by atoms with van der Waals surface area (Å²) in [6.07, 6.45) is 0. The molecule has 0 N–H and O–H groups in total. The van der Waals surface area contributed by atoms with Crippen molar-refractivity contribution in [2.75, 3.05) is 0 Å². The van der Waals surface area contributed by atoms with Crippen molar-refractivity contribution in [3.63, 3.8) is 0 Å². The van der Waals surface area contributed by atoms with E-state index in [0.717, 1.165) is 4.88 Å². The summed E-state index contributed by atoms with van der Waals surface area (Å²) < 4.78 is 0. The molecule has 1 aromatic heterocycles. The lowest BCUT2D eigenvalue weighted by molar-refractivity contribution is 0.0848. The minimum atomic E-state index is -1.38. The van der Waals surface area contributed by atoms with E-state index in [-0.39, 0.29) is 5.56 Å². The minimum Gasteiger partial charge on any atom is -0.292 e. The average molecular weight is 294 g/mol. The molecule has 5 heteroatoms. The zero-order valence-corrected chi connectivity index (χ0v) is 12.0. The maximum Gasteiger partial charge on any atom is 0.197 e. The van der Waals surface area contributed by atoms with E-state index in [1.165, 1.54) is 23.5 Å². The first-order valence-corrected chi connectivity index (χ1v) is 6.93. The molecular weight excluding hydrogens is 284 g/mol. The average Bonchev–Trinajstić information content (AvgIpc) is 2.94. The topological polar surface area (TPSA) is 81.7 Å². The molecule has 0 radical (unpaired) electrons. The Balaban J connectivity index is 2.33. The quantitative estimate of drug-likeness (QED) is 0.640. The molecule has 0 amide bonds. The van der Waals surface area contributed by atoms with Crippen molar-refractivity contribution in [1.82, 2.24) is 0 Å². The maximum absolute atomic E-state index is 12.3. The molecule has 0 aliphatic rings. The van der Waals surface area contributed by atoms with E-state index in [1.807, 2.05) is 13.0 Å². The van der Waals surface area contributed by atoms with Crippen LogP contribution in [-0.2, 0) is 0 Å². The predicted octanol–water partition coefficient (Wildman–Crippen LogP) is 3.13. The van der Waals surface area contributed by atoms with Gasteiger partial charge in [0.25, 0.3) is 0 Å². The van der Waals surface area contributed by atoms with Gasteiger partial charge in [0.15, 0.2) is 17.5 Å². The summed E-state index contributed by atoms with van der Waals surface area (Å²) in [7, 11) is 0. The Bertz CT molecular complexity index is 793. The van der Waals surface area contributed by atoms with Gasteiger partial charge in [-0.15, -0.1) is 11.3 Å². The van der Waals surface area contributed by atoms with Crippen molar-refractivity contribution in [1.29, 1.82) is 10.5 Å². The Kier molecular flexibility index (Phi) is 4.27. The zero-order valence-electron chi connectivity index (χ0n) is 11.2. The van der Waals surface area contributed by atoms with Gasteiger partial charge in [0.2, 0.25) is 0 Å². The Morgan fingerprint density at radius 1 is 1.14 bits per heavy atom. The number of carbonyl (C=O) groups excluding carboxylic acids is 2. The summed E-state index contributed by atoms with van der Waals surface area (Å²) in [5.74, 6) is -2.45. The highest BCUT2D eigenvalue weighted by atomic mass is 32.1. The van der Waals surface area contributed by atoms with E-state index < -0.39 is 17.5 Å². The summed E-state index contributed by atoms with van der Waals surface area (Å²) in [5.41, 5.74) is 0.513. The first-order valence-electron chi connectivity index (χ1n) is 6.11. The van der Waals surface area contributed by atoms with E-state index in [1.54, 1.807) is 30.3 Å². The van der Waals surface area contributed by atoms with Crippen molar-refractivity contribution in [2.24, 2.45) is 5.92 Å². The van der Waals surface area contributed by atoms with Crippen LogP contribution >= 0.6 is 11.3 Å². The molecule has 2 rings (SSSR count). The number of hydrogen-bond acceptors (Lipinski definition) is 5. The lowest BCUT2D eigenvalue weighted by Gasteiger charge is -2.06. The molecule has 0 aliphatic carbocycles. The Morgan fingerprint density at radius 2 is 1.90 bits per heavy atom. The number of Topliss-reactive ketones (excluding diaryl/α,β-unsaturated/α-hetero) is 2. The number of carbonyl (C=O) groups is 2. The van der Waals surface area contributed by atoms with Gasteiger partial charge in [0.1, 0.15) is 0 Å². The second kappa shape index (κ2) is 6.13. The van der Waals surface area contributed by atoms with Gasteiger partial charge in [0.05, 0.1) is 22.6 Å². The molecule has 4 nitrogen and oxygen atoms in total. The molecule has 0 saturated heterocycles. The number of nitriles is 2. The van der Waals surface area contributed by atoms with Crippen LogP contribution in [0.25, 0.3) is 0 Å². The highest BCUT2D eigenvalue weighted by Crippen LogP contribution is 2.21. The number of benzene rings is 1. The van der Waals surface area contributed by atoms with Crippen LogP contribution < -0.4 is 0 Å². The number of ketones is 2. The zero-order chi connectivity index (χ0) is 15.4. The van der Waals surface area contributed by atoms with Gasteiger partial charge >= 0.3 is 0 Å². The maximum atomic E-state index is 12.3. The van der Waals surface area contributed by atoms with Crippen molar-refractivity contribution < 1.29 is 9.59 Å². The largest absolute Gasteiger partial charge is 0.292 e. The molecule has 1 atom stereocenters. The highest BCUT2D eigenvalue weighted by molar-refractivity contribution is 7.14. The molecule has 1 unspecified atom stereocenters. The number of nitrogens with zero attached hydrogens (tertiary/aromatic N) is 2. The second-order valence-electron chi connectivity index (χ2n) is 4.39. The van der Waals surface area contributed by atoms with E-state index >= 15 is 0 Å². The SMILES string of the molecule is Cc1ccc(C(=O)C(C#N)C(=O)c2cccc(C#N)c2)s1. The fraction of sp³-hybridized carbons (Fsp3) is 0.125. The van der Waals surface area contributed by atoms with Crippen molar-refractivity contribution in [2.45, 2.75) is 6.92 Å². The third kappa shape index (κ3) is 3.05. The molecule has 0 aliphatic heterocycles. The summed E-state index contributed by atoms with van der Waals surface area (Å²) >= 11 is 1.25. The van der Waals surface area contributed by atoms with Crippen LogP contribution in [0.1, 0.15) is 30.5 Å². The molecular formula is C16H10N2O2S. The van der Waals surface area contributed by atoms with Gasteiger partial charge in [-0.05, 0) is 31.2 Å². The first-order chi connectivity index (χ1) is 10.1. The lowest BCUT2D eigenvalue weighted by Crippen LogP contribution is -2.22. The molecule has 21 heavy (non-hydrogen) atoms. The Labute approximate surface area is 125 Å². The Morgan fingerprint density at radius 3 is 2.48 bits per heavy atom. The van der Waals surface area contributed by atoms with Crippen LogP contribution in [0.15, 0.2) is 36.4 Å². The summed E-state index contributed by atoms with van der Waals surface area (Å²) in [4.78, 5) is 25.9. The first kappa shape index (κ1) is 14.6. The molecule has 0 bridgehead atoms. The third-order valence-corrected chi connectivity index (χ3v) is 3.93. The van der Waals surface area contributed by atoms with Crippen LogP contribution in [0.5, 0.6) is 0 Å². The molecule has 102 valence electrons. The van der Waals surface area contributed by atoms with Crippen LogP contribution in [0, 0.1) is 35.5 Å². The van der Waals surface area contributed by atoms with Crippen molar-refractivity contribution in [3.05, 3.63) is 57.3 Å². The number of thiophene rings is 1. The monoisotopic (exact) mass is 294 g/mol. The fourth-order valence-corrected chi connectivity index (χ4v) is 2.69. The van der Waals surface area contributed by atoms with Gasteiger partial charge in [-0.2, -0.15) is 10.5 Å². The molecule has 0 fully saturated rings. The normalized spacial score (nSPS) is 11.2. The van der Waals surface area contributed by atoms with Gasteiger partial charge < -0.3 is 0 Å². The number of rotatable bonds is 4. The predicted molar refractivity (Wildman–Crippen MR) is 78.0 cm³/mol. The van der Waals surface area contributed by atoms with E-state index in [9.17, 15) is 14.9 Å². The fourth-order valence-electron chi connectivity index (χ4n) is 1.85. The number of hydrogen-bond donors (Lipinski definition) is 0. The lowest BCUT2D eigenvalue weighted by atomic mass is 9.93. The third-order valence-electron chi connectivity index (χ3n) is 2.91. The summed E-state index contributed by atoms with van der Waals surface area (Å²) in [5, 5.41) is 18.0. The molecule has 1 heterocycles. The second-order valence-corrected chi connectivity index (χ2v) is 5.68. The summed E-state index contributed by atoms with van der Waals surface area (Å²) in [6.45, 7) is 1.85. The summed E-state index contributed by atoms with van der Waals surface area (Å²) in [6, 6.07) is 13.1. The van der Waals surface area contributed by atoms with Crippen LogP contribution in [-0.4, -0.2) is 11.6 Å². The van der Waals surface area contributed by atoms with Crippen LogP contribution in [0.4, 0.5) is 0 Å². The van der Waals surface area contributed by atoms with E-state index in [2.05, 4.69) is 0 Å². The molecule has 1 aromatic carbocycles. The van der Waals surface area contributed by atoms with E-state index in [4.69, 9.17) is 5.26 Å². The van der Waals surface area contributed by atoms with E-state index in [0.29, 0.717) is 10.4 Å². The minimum absolute atomic E-state index is 0.197. The van der Waals surface area contributed by atoms with Gasteiger partial charge in [-0.25, -0.2) is 0 Å². The smallest absolute Gasteiger partial charge is 0.197 e. The van der Waals surface area contributed by atoms with Gasteiger partial charge in [-0.1, -0.05) is 12.1 Å². The van der Waals surface area contributed by atoms with Crippen LogP contribution in [0.2, 0.25) is 0 Å². The molecule has 2 aromatic rings. The van der Waals surface area contributed by atoms with Crippen molar-refractivity contribution in [3.8, 4) is 12.1 Å². The Hall–Kier alpha value is -2.76. The van der Waals surface area contributed by atoms with Gasteiger partial charge in [-0.3, -0.25) is 9.59 Å².